The van der Waals surface area contributed by atoms with Crippen molar-refractivity contribution in [2.75, 3.05) is 19.7 Å². The number of nitrogens with zero attached hydrogens (tertiary/aromatic N) is 4. The number of likely N-dealkylation sites (tertiary alicyclic amines) is 1. The van der Waals surface area contributed by atoms with Gasteiger partial charge in [-0.05, 0) is 62.2 Å². The molecule has 1 atom stereocenters. The SMILES string of the molecule is CCOC(=O)[C@@]1(Cc2ccccc2)CCCN(Cc2ccc(Sc3nncn3C)o2)C1. The number of rotatable bonds is 8. The van der Waals surface area contributed by atoms with Crippen LogP contribution in [-0.4, -0.2) is 45.3 Å². The molecule has 0 radical (unpaired) electrons. The van der Waals surface area contributed by atoms with Crippen molar-refractivity contribution in [3.8, 4) is 0 Å². The first-order chi connectivity index (χ1) is 15.1. The smallest absolute Gasteiger partial charge is 0.313 e. The van der Waals surface area contributed by atoms with Crippen LogP contribution in [0.25, 0.3) is 0 Å². The molecule has 1 fully saturated rings. The maximum atomic E-state index is 13.0. The van der Waals surface area contributed by atoms with Crippen LogP contribution in [-0.2, 0) is 29.5 Å². The maximum Gasteiger partial charge on any atom is 0.313 e. The van der Waals surface area contributed by atoms with E-state index in [1.54, 1.807) is 6.33 Å². The second-order valence-corrected chi connectivity index (χ2v) is 9.00. The Morgan fingerprint density at radius 3 is 2.84 bits per heavy atom. The van der Waals surface area contributed by atoms with Gasteiger partial charge in [-0.15, -0.1) is 10.2 Å². The second kappa shape index (κ2) is 9.70. The van der Waals surface area contributed by atoms with Gasteiger partial charge in [0.25, 0.3) is 0 Å². The molecule has 0 spiro atoms. The number of hydrogen-bond donors (Lipinski definition) is 0. The molecule has 164 valence electrons. The number of piperidine rings is 1. The van der Waals surface area contributed by atoms with Gasteiger partial charge < -0.3 is 13.7 Å². The Kier molecular flexibility index (Phi) is 6.77. The lowest BCUT2D eigenvalue weighted by Crippen LogP contribution is -2.49. The van der Waals surface area contributed by atoms with Crippen molar-refractivity contribution < 1.29 is 13.9 Å². The van der Waals surface area contributed by atoms with Crippen LogP contribution in [0.5, 0.6) is 0 Å². The minimum atomic E-state index is -0.529. The van der Waals surface area contributed by atoms with Crippen LogP contribution < -0.4 is 0 Å². The van der Waals surface area contributed by atoms with E-state index in [1.165, 1.54) is 11.8 Å². The highest BCUT2D eigenvalue weighted by Crippen LogP contribution is 2.36. The summed E-state index contributed by atoms with van der Waals surface area (Å²) < 4.78 is 13.4. The third-order valence-corrected chi connectivity index (χ3v) is 6.60. The maximum absolute atomic E-state index is 13.0. The van der Waals surface area contributed by atoms with Crippen LogP contribution >= 0.6 is 11.8 Å². The van der Waals surface area contributed by atoms with Gasteiger partial charge in [-0.3, -0.25) is 9.69 Å². The zero-order valence-corrected chi connectivity index (χ0v) is 18.8. The van der Waals surface area contributed by atoms with Gasteiger partial charge in [0.05, 0.1) is 18.6 Å². The van der Waals surface area contributed by atoms with E-state index in [2.05, 4.69) is 27.2 Å². The molecule has 1 aromatic carbocycles. The summed E-state index contributed by atoms with van der Waals surface area (Å²) in [5.41, 5.74) is 0.635. The predicted octanol–water partition coefficient (Wildman–Crippen LogP) is 3.95. The molecule has 0 unspecified atom stereocenters. The van der Waals surface area contributed by atoms with Gasteiger partial charge in [0.1, 0.15) is 12.1 Å². The fourth-order valence-corrected chi connectivity index (χ4v) is 4.93. The summed E-state index contributed by atoms with van der Waals surface area (Å²) in [5, 5.41) is 9.55. The first-order valence-electron chi connectivity index (χ1n) is 10.6. The molecular weight excluding hydrogens is 412 g/mol. The molecule has 1 aliphatic heterocycles. The molecule has 7 nitrogen and oxygen atoms in total. The molecular formula is C23H28N4O3S. The number of furan rings is 1. The standard InChI is InChI=1S/C23H28N4O3S/c1-3-29-21(28)23(14-18-8-5-4-6-9-18)12-7-13-27(16-23)15-19-10-11-20(30-19)31-22-25-24-17-26(22)2/h4-6,8-11,17H,3,7,12-16H2,1-2H3/t23-/m1/s1. The number of esters is 1. The van der Waals surface area contributed by atoms with Crippen molar-refractivity contribution in [1.82, 2.24) is 19.7 Å². The molecule has 0 amide bonds. The molecule has 0 N–H and O–H groups in total. The van der Waals surface area contributed by atoms with E-state index in [9.17, 15) is 4.79 Å². The van der Waals surface area contributed by atoms with Gasteiger partial charge in [-0.1, -0.05) is 30.3 Å². The van der Waals surface area contributed by atoms with E-state index in [4.69, 9.17) is 9.15 Å². The molecule has 1 aliphatic rings. The van der Waals surface area contributed by atoms with Gasteiger partial charge in [-0.2, -0.15) is 0 Å². The largest absolute Gasteiger partial charge is 0.466 e. The Balaban J connectivity index is 1.46. The van der Waals surface area contributed by atoms with Gasteiger partial charge in [0.2, 0.25) is 0 Å². The number of carbonyl (C=O) groups is 1. The van der Waals surface area contributed by atoms with Crippen LogP contribution in [0.2, 0.25) is 0 Å². The molecule has 0 aliphatic carbocycles. The fourth-order valence-electron chi connectivity index (χ4n) is 4.19. The van der Waals surface area contributed by atoms with Crippen LogP contribution in [0.4, 0.5) is 0 Å². The highest BCUT2D eigenvalue weighted by atomic mass is 32.2. The number of ether oxygens (including phenoxy) is 1. The lowest BCUT2D eigenvalue weighted by Gasteiger charge is -2.40. The molecule has 4 rings (SSSR count). The number of aryl methyl sites for hydroxylation is 1. The lowest BCUT2D eigenvalue weighted by atomic mass is 9.75. The molecule has 0 saturated carbocycles. The van der Waals surface area contributed by atoms with Crippen molar-refractivity contribution in [1.29, 1.82) is 0 Å². The average Bonchev–Trinajstić information content (AvgIpc) is 3.38. The molecule has 1 saturated heterocycles. The Bertz CT molecular complexity index is 1000. The van der Waals surface area contributed by atoms with Crippen molar-refractivity contribution in [3.63, 3.8) is 0 Å². The van der Waals surface area contributed by atoms with Crippen molar-refractivity contribution in [2.45, 2.75) is 43.0 Å². The van der Waals surface area contributed by atoms with Crippen LogP contribution in [0.3, 0.4) is 0 Å². The number of benzene rings is 1. The molecule has 3 heterocycles. The van der Waals surface area contributed by atoms with Crippen LogP contribution in [0, 0.1) is 5.41 Å². The Labute approximate surface area is 186 Å². The van der Waals surface area contributed by atoms with Crippen molar-refractivity contribution >= 4 is 17.7 Å². The van der Waals surface area contributed by atoms with Gasteiger partial charge in [0.15, 0.2) is 10.2 Å². The Morgan fingerprint density at radius 1 is 1.26 bits per heavy atom. The first-order valence-corrected chi connectivity index (χ1v) is 11.4. The number of aromatic nitrogens is 3. The third-order valence-electron chi connectivity index (χ3n) is 5.63. The summed E-state index contributed by atoms with van der Waals surface area (Å²) in [7, 11) is 1.90. The quantitative estimate of drug-likeness (QED) is 0.491. The summed E-state index contributed by atoms with van der Waals surface area (Å²) >= 11 is 1.45. The highest BCUT2D eigenvalue weighted by Gasteiger charge is 2.43. The van der Waals surface area contributed by atoms with Gasteiger partial charge in [0, 0.05) is 13.6 Å². The number of carbonyl (C=O) groups excluding carboxylic acids is 1. The monoisotopic (exact) mass is 440 g/mol. The van der Waals surface area contributed by atoms with Gasteiger partial charge in [-0.25, -0.2) is 0 Å². The van der Waals surface area contributed by atoms with Crippen LogP contribution in [0.15, 0.2) is 63.5 Å². The first kappa shape index (κ1) is 21.6. The summed E-state index contributed by atoms with van der Waals surface area (Å²) in [6.45, 7) is 4.52. The molecule has 3 aromatic rings. The van der Waals surface area contributed by atoms with E-state index in [1.807, 2.05) is 48.9 Å². The summed E-state index contributed by atoms with van der Waals surface area (Å²) in [6.07, 6.45) is 4.14. The summed E-state index contributed by atoms with van der Waals surface area (Å²) in [6, 6.07) is 14.2. The third kappa shape index (κ3) is 5.19. The van der Waals surface area contributed by atoms with E-state index in [0.717, 1.165) is 41.0 Å². The topological polar surface area (TPSA) is 73.4 Å². The lowest BCUT2D eigenvalue weighted by molar-refractivity contribution is -0.159. The number of hydrogen-bond acceptors (Lipinski definition) is 7. The second-order valence-electron chi connectivity index (χ2n) is 8.02. The highest BCUT2D eigenvalue weighted by molar-refractivity contribution is 7.99. The summed E-state index contributed by atoms with van der Waals surface area (Å²) in [5.74, 6) is 0.783. The molecule has 0 bridgehead atoms. The zero-order chi connectivity index (χ0) is 21.7. The minimum Gasteiger partial charge on any atom is -0.466 e. The van der Waals surface area contributed by atoms with E-state index in [0.29, 0.717) is 26.1 Å². The van der Waals surface area contributed by atoms with Crippen LogP contribution in [0.1, 0.15) is 31.1 Å². The molecule has 31 heavy (non-hydrogen) atoms. The zero-order valence-electron chi connectivity index (χ0n) is 18.0. The minimum absolute atomic E-state index is 0.0958. The normalized spacial score (nSPS) is 19.4. The van der Waals surface area contributed by atoms with E-state index >= 15 is 0 Å². The van der Waals surface area contributed by atoms with E-state index in [-0.39, 0.29) is 5.97 Å². The van der Waals surface area contributed by atoms with E-state index < -0.39 is 5.41 Å². The summed E-state index contributed by atoms with van der Waals surface area (Å²) in [4.78, 5) is 15.3. The van der Waals surface area contributed by atoms with Gasteiger partial charge >= 0.3 is 5.97 Å². The Morgan fingerprint density at radius 2 is 2.10 bits per heavy atom. The molecule has 2 aromatic heterocycles. The fraction of sp³-hybridized carbons (Fsp3) is 0.435. The average molecular weight is 441 g/mol. The van der Waals surface area contributed by atoms with Crippen molar-refractivity contribution in [3.05, 3.63) is 60.1 Å². The predicted molar refractivity (Wildman–Crippen MR) is 118 cm³/mol. The molecule has 8 heteroatoms. The Hall–Kier alpha value is -2.58. The van der Waals surface area contributed by atoms with Crippen molar-refractivity contribution in [2.24, 2.45) is 12.5 Å².